The average molecular weight is 331 g/mol. The van der Waals surface area contributed by atoms with Crippen LogP contribution in [0.3, 0.4) is 0 Å². The van der Waals surface area contributed by atoms with Crippen LogP contribution in [0.4, 0.5) is 5.69 Å². The molecule has 1 heterocycles. The second-order valence-corrected chi connectivity index (χ2v) is 5.76. The maximum atomic E-state index is 12.7. The molecule has 2 rings (SSSR count). The lowest BCUT2D eigenvalue weighted by Gasteiger charge is -2.17. The van der Waals surface area contributed by atoms with Crippen molar-refractivity contribution in [2.24, 2.45) is 0 Å². The van der Waals surface area contributed by atoms with Gasteiger partial charge in [0.05, 0.1) is 18.9 Å². The van der Waals surface area contributed by atoms with Gasteiger partial charge in [0.2, 0.25) is 0 Å². The summed E-state index contributed by atoms with van der Waals surface area (Å²) in [6.45, 7) is 7.41. The third kappa shape index (κ3) is 3.27. The molecule has 0 atom stereocenters. The Kier molecular flexibility index (Phi) is 4.97. The van der Waals surface area contributed by atoms with Crippen molar-refractivity contribution in [1.82, 2.24) is 0 Å². The van der Waals surface area contributed by atoms with Gasteiger partial charge in [-0.05, 0) is 50.5 Å². The number of methoxy groups -OCH3 is 1. The van der Waals surface area contributed by atoms with Crippen LogP contribution in [0.25, 0.3) is 0 Å². The highest BCUT2D eigenvalue weighted by Crippen LogP contribution is 2.32. The number of amides is 1. The first-order valence-corrected chi connectivity index (χ1v) is 7.51. The summed E-state index contributed by atoms with van der Waals surface area (Å²) < 4.78 is 10.6. The molecule has 0 unspecified atom stereocenters. The summed E-state index contributed by atoms with van der Waals surface area (Å²) in [5, 5.41) is 11.8. The molecule has 0 spiro atoms. The largest absolute Gasteiger partial charge is 0.496 e. The van der Waals surface area contributed by atoms with Gasteiger partial charge in [0, 0.05) is 11.3 Å². The minimum atomic E-state index is -1.05. The van der Waals surface area contributed by atoms with Crippen molar-refractivity contribution in [1.29, 1.82) is 0 Å². The van der Waals surface area contributed by atoms with Crippen LogP contribution in [-0.2, 0) is 11.2 Å². The van der Waals surface area contributed by atoms with E-state index in [1.807, 2.05) is 26.8 Å². The minimum absolute atomic E-state index is 0.151. The van der Waals surface area contributed by atoms with Crippen molar-refractivity contribution in [3.63, 3.8) is 0 Å². The molecule has 6 heteroatoms. The Labute approximate surface area is 140 Å². The number of carboxylic acids is 1. The Morgan fingerprint density at radius 2 is 1.83 bits per heavy atom. The lowest BCUT2D eigenvalue weighted by molar-refractivity contribution is -0.136. The first-order valence-electron chi connectivity index (χ1n) is 7.51. The number of hydrogen-bond donors (Lipinski definition) is 2. The van der Waals surface area contributed by atoms with Gasteiger partial charge in [-0.15, -0.1) is 0 Å². The summed E-state index contributed by atoms with van der Waals surface area (Å²) in [5.41, 5.74) is 4.27. The Morgan fingerprint density at radius 3 is 2.42 bits per heavy atom. The standard InChI is InChI=1S/C18H21NO5/c1-9-6-13(23-5)11(3)12(4)17(9)19-18(22)16-10(2)8-24-14(16)7-15(20)21/h6,8H,7H2,1-5H3,(H,19,22)(H,20,21). The molecule has 0 fully saturated rings. The number of ether oxygens (including phenoxy) is 1. The van der Waals surface area contributed by atoms with Crippen molar-refractivity contribution in [2.45, 2.75) is 34.1 Å². The SMILES string of the molecule is COc1cc(C)c(NC(=O)c2c(C)coc2CC(=O)O)c(C)c1C. The fraction of sp³-hybridized carbons (Fsp3) is 0.333. The van der Waals surface area contributed by atoms with Crippen molar-refractivity contribution in [3.8, 4) is 5.75 Å². The van der Waals surface area contributed by atoms with E-state index in [4.69, 9.17) is 14.3 Å². The van der Waals surface area contributed by atoms with E-state index in [1.54, 1.807) is 14.0 Å². The van der Waals surface area contributed by atoms with Crippen LogP contribution >= 0.6 is 0 Å². The van der Waals surface area contributed by atoms with E-state index in [0.29, 0.717) is 11.3 Å². The number of carbonyl (C=O) groups excluding carboxylic acids is 1. The third-order valence-electron chi connectivity index (χ3n) is 4.10. The van der Waals surface area contributed by atoms with E-state index in [0.717, 1.165) is 22.4 Å². The van der Waals surface area contributed by atoms with Crippen molar-refractivity contribution >= 4 is 17.6 Å². The third-order valence-corrected chi connectivity index (χ3v) is 4.10. The van der Waals surface area contributed by atoms with Gasteiger partial charge in [0.1, 0.15) is 17.9 Å². The monoisotopic (exact) mass is 331 g/mol. The van der Waals surface area contributed by atoms with E-state index in [2.05, 4.69) is 5.32 Å². The normalized spacial score (nSPS) is 10.5. The number of rotatable bonds is 5. The predicted molar refractivity (Wildman–Crippen MR) is 89.9 cm³/mol. The smallest absolute Gasteiger partial charge is 0.311 e. The Balaban J connectivity index is 2.40. The molecule has 1 aromatic carbocycles. The van der Waals surface area contributed by atoms with Crippen LogP contribution < -0.4 is 10.1 Å². The molecule has 128 valence electrons. The summed E-state index contributed by atoms with van der Waals surface area (Å²) in [6.07, 6.45) is 1.06. The molecule has 0 saturated heterocycles. The molecule has 6 nitrogen and oxygen atoms in total. The summed E-state index contributed by atoms with van der Waals surface area (Å²) in [4.78, 5) is 23.6. The van der Waals surface area contributed by atoms with Gasteiger partial charge >= 0.3 is 5.97 Å². The fourth-order valence-electron chi connectivity index (χ4n) is 2.70. The number of aryl methyl sites for hydroxylation is 2. The van der Waals surface area contributed by atoms with Crippen molar-refractivity contribution in [3.05, 3.63) is 45.9 Å². The zero-order valence-corrected chi connectivity index (χ0v) is 14.4. The van der Waals surface area contributed by atoms with E-state index >= 15 is 0 Å². The van der Waals surface area contributed by atoms with Gasteiger partial charge in [-0.25, -0.2) is 0 Å². The van der Waals surface area contributed by atoms with E-state index in [9.17, 15) is 9.59 Å². The van der Waals surface area contributed by atoms with Gasteiger partial charge in [-0.3, -0.25) is 9.59 Å². The van der Waals surface area contributed by atoms with Gasteiger partial charge in [0.15, 0.2) is 0 Å². The number of carbonyl (C=O) groups is 2. The van der Waals surface area contributed by atoms with Crippen LogP contribution in [0.5, 0.6) is 5.75 Å². The highest BCUT2D eigenvalue weighted by Gasteiger charge is 2.22. The van der Waals surface area contributed by atoms with Crippen molar-refractivity contribution < 1.29 is 23.8 Å². The molecule has 2 N–H and O–H groups in total. The number of aliphatic carboxylic acids is 1. The molecule has 0 radical (unpaired) electrons. The number of hydrogen-bond acceptors (Lipinski definition) is 4. The average Bonchev–Trinajstić information content (AvgIpc) is 2.87. The van der Waals surface area contributed by atoms with Crippen LogP contribution in [0.1, 0.15) is 38.4 Å². The lowest BCUT2D eigenvalue weighted by atomic mass is 10.0. The zero-order chi connectivity index (χ0) is 18.0. The van der Waals surface area contributed by atoms with Crippen LogP contribution in [0.15, 0.2) is 16.7 Å². The van der Waals surface area contributed by atoms with Crippen LogP contribution in [0, 0.1) is 27.7 Å². The molecule has 0 bridgehead atoms. The molecule has 0 aliphatic rings. The molecular weight excluding hydrogens is 310 g/mol. The minimum Gasteiger partial charge on any atom is -0.496 e. The molecule has 0 aliphatic carbocycles. The maximum absolute atomic E-state index is 12.7. The van der Waals surface area contributed by atoms with Crippen molar-refractivity contribution in [2.75, 3.05) is 12.4 Å². The first-order chi connectivity index (χ1) is 11.3. The topological polar surface area (TPSA) is 88.8 Å². The van der Waals surface area contributed by atoms with Gasteiger partial charge in [-0.2, -0.15) is 0 Å². The molecule has 0 aliphatic heterocycles. The van der Waals surface area contributed by atoms with E-state index < -0.39 is 5.97 Å². The number of anilines is 1. The fourth-order valence-corrected chi connectivity index (χ4v) is 2.70. The number of benzene rings is 1. The van der Waals surface area contributed by atoms with Crippen LogP contribution in [-0.4, -0.2) is 24.1 Å². The van der Waals surface area contributed by atoms with E-state index in [1.165, 1.54) is 6.26 Å². The summed E-state index contributed by atoms with van der Waals surface area (Å²) in [6, 6.07) is 1.86. The lowest BCUT2D eigenvalue weighted by Crippen LogP contribution is -2.17. The second kappa shape index (κ2) is 6.78. The molecule has 1 aromatic heterocycles. The second-order valence-electron chi connectivity index (χ2n) is 5.76. The maximum Gasteiger partial charge on any atom is 0.311 e. The Morgan fingerprint density at radius 1 is 1.17 bits per heavy atom. The number of nitrogens with one attached hydrogen (secondary N) is 1. The summed E-state index contributed by atoms with van der Waals surface area (Å²) in [5.74, 6) is -0.522. The molecular formula is C18H21NO5. The summed E-state index contributed by atoms with van der Waals surface area (Å²) in [7, 11) is 1.60. The first kappa shape index (κ1) is 17.6. The predicted octanol–water partition coefficient (Wildman–Crippen LogP) is 3.40. The Hall–Kier alpha value is -2.76. The van der Waals surface area contributed by atoms with E-state index in [-0.39, 0.29) is 23.7 Å². The molecule has 0 saturated carbocycles. The van der Waals surface area contributed by atoms with Crippen LogP contribution in [0.2, 0.25) is 0 Å². The highest BCUT2D eigenvalue weighted by molar-refractivity contribution is 6.07. The molecule has 2 aromatic rings. The molecule has 1 amide bonds. The van der Waals surface area contributed by atoms with Gasteiger partial charge < -0.3 is 19.6 Å². The van der Waals surface area contributed by atoms with Gasteiger partial charge in [-0.1, -0.05) is 0 Å². The summed E-state index contributed by atoms with van der Waals surface area (Å²) >= 11 is 0. The Bertz CT molecular complexity index is 804. The van der Waals surface area contributed by atoms with Gasteiger partial charge in [0.25, 0.3) is 5.91 Å². The number of carboxylic acid groups (broad SMARTS) is 1. The zero-order valence-electron chi connectivity index (χ0n) is 14.4. The molecule has 24 heavy (non-hydrogen) atoms. The highest BCUT2D eigenvalue weighted by atomic mass is 16.5. The number of furan rings is 1. The quantitative estimate of drug-likeness (QED) is 0.876.